The van der Waals surface area contributed by atoms with Crippen LogP contribution in [0.2, 0.25) is 5.02 Å². The number of benzene rings is 1. The molecule has 0 aliphatic carbocycles. The van der Waals surface area contributed by atoms with Gasteiger partial charge in [0.2, 0.25) is 5.90 Å². The molecule has 1 rings (SSSR count). The Kier molecular flexibility index (Phi) is 7.83. The van der Waals surface area contributed by atoms with E-state index in [9.17, 15) is 19.2 Å². The predicted octanol–water partition coefficient (Wildman–Crippen LogP) is 2.09. The van der Waals surface area contributed by atoms with Crippen LogP contribution in [0.5, 0.6) is 0 Å². The first kappa shape index (κ1) is 20.7. The third kappa shape index (κ3) is 6.65. The summed E-state index contributed by atoms with van der Waals surface area (Å²) in [5.41, 5.74) is 0.394. The summed E-state index contributed by atoms with van der Waals surface area (Å²) >= 11 is 5.88. The number of nitrogens with zero attached hydrogens (tertiary/aromatic N) is 1. The summed E-state index contributed by atoms with van der Waals surface area (Å²) in [5, 5.41) is 28.4. The van der Waals surface area contributed by atoms with E-state index in [1.54, 1.807) is 12.1 Å². The number of oxime groups is 1. The van der Waals surface area contributed by atoms with Crippen molar-refractivity contribution in [2.45, 2.75) is 13.0 Å². The van der Waals surface area contributed by atoms with Crippen LogP contribution in [0.15, 0.2) is 29.4 Å². The van der Waals surface area contributed by atoms with Gasteiger partial charge in [-0.25, -0.2) is 9.59 Å². The highest BCUT2D eigenvalue weighted by Crippen LogP contribution is 2.18. The monoisotopic (exact) mass is 389 g/mol. The number of carboxylic acid groups (broad SMARTS) is 2. The summed E-state index contributed by atoms with van der Waals surface area (Å²) in [7, 11) is 0. The average Bonchev–Trinajstić information content (AvgIpc) is 2.56. The molecule has 0 fully saturated rings. The minimum atomic E-state index is -2.00. The Bertz CT molecular complexity index is 732. The van der Waals surface area contributed by atoms with Gasteiger partial charge in [0.05, 0.1) is 6.42 Å². The van der Waals surface area contributed by atoms with Gasteiger partial charge in [-0.3, -0.25) is 9.59 Å². The maximum absolute atomic E-state index is 12.1. The zero-order chi connectivity index (χ0) is 19.7. The zero-order valence-corrected chi connectivity index (χ0v) is 13.6. The molecule has 1 aromatic rings. The number of rotatable bonds is 6. The number of esters is 2. The first-order valence-corrected chi connectivity index (χ1v) is 7.08. The molecule has 0 spiro atoms. The molecule has 0 bridgehead atoms. The van der Waals surface area contributed by atoms with Crippen molar-refractivity contribution in [3.05, 3.63) is 34.9 Å². The van der Waals surface area contributed by atoms with Crippen molar-refractivity contribution in [2.24, 2.45) is 11.1 Å². The van der Waals surface area contributed by atoms with E-state index in [0.29, 0.717) is 5.56 Å². The maximum atomic E-state index is 12.1. The van der Waals surface area contributed by atoms with Gasteiger partial charge in [0.1, 0.15) is 6.61 Å². The second kappa shape index (κ2) is 9.84. The van der Waals surface area contributed by atoms with Crippen molar-refractivity contribution < 1.29 is 48.8 Å². The van der Waals surface area contributed by atoms with Crippen molar-refractivity contribution in [3.8, 4) is 0 Å². The van der Waals surface area contributed by atoms with E-state index in [0.717, 1.165) is 0 Å². The Morgan fingerprint density at radius 2 is 1.65 bits per heavy atom. The van der Waals surface area contributed by atoms with Gasteiger partial charge in [-0.1, -0.05) is 35.0 Å². The van der Waals surface area contributed by atoms with Gasteiger partial charge in [0.25, 0.3) is 0 Å². The van der Waals surface area contributed by atoms with Crippen molar-refractivity contribution in [1.29, 1.82) is 0 Å². The van der Waals surface area contributed by atoms with Gasteiger partial charge >= 0.3 is 24.2 Å². The summed E-state index contributed by atoms with van der Waals surface area (Å²) in [6.07, 6.45) is -4.80. The van der Waals surface area contributed by atoms with Gasteiger partial charge in [-0.15, -0.1) is 0 Å². The van der Waals surface area contributed by atoms with Crippen LogP contribution >= 0.6 is 11.6 Å². The normalized spacial score (nSPS) is 12.0. The van der Waals surface area contributed by atoms with Crippen LogP contribution in [0.25, 0.3) is 0 Å². The fourth-order valence-electron chi connectivity index (χ4n) is 1.66. The number of carbonyl (C=O) groups excluding carboxylic acids is 2. The van der Waals surface area contributed by atoms with Gasteiger partial charge < -0.3 is 29.6 Å². The van der Waals surface area contributed by atoms with Crippen LogP contribution in [-0.4, -0.2) is 45.6 Å². The molecule has 12 heteroatoms. The van der Waals surface area contributed by atoms with Crippen LogP contribution in [0.3, 0.4) is 0 Å². The Morgan fingerprint density at radius 3 is 2.19 bits per heavy atom. The van der Waals surface area contributed by atoms with Crippen LogP contribution in [0, 0.1) is 5.92 Å². The molecular weight excluding hydrogens is 378 g/mol. The number of halogens is 1. The van der Waals surface area contributed by atoms with E-state index in [1.165, 1.54) is 12.1 Å². The SMILES string of the molecule is O=C(O)OC(=O)C(C/C(=N/O)OC(=O)O)C(=O)OCc1ccccc1Cl. The molecule has 0 aliphatic rings. The van der Waals surface area contributed by atoms with Crippen molar-refractivity contribution in [3.63, 3.8) is 0 Å². The molecular formula is C14H12ClNO10. The first-order valence-electron chi connectivity index (χ1n) is 6.71. The fourth-order valence-corrected chi connectivity index (χ4v) is 1.85. The molecule has 140 valence electrons. The van der Waals surface area contributed by atoms with Gasteiger partial charge in [-0.05, 0) is 6.07 Å². The largest absolute Gasteiger partial charge is 0.513 e. The molecule has 1 unspecified atom stereocenters. The average molecular weight is 390 g/mol. The highest BCUT2D eigenvalue weighted by Gasteiger charge is 2.34. The smallest absolute Gasteiger partial charge is 0.460 e. The summed E-state index contributed by atoms with van der Waals surface area (Å²) in [5.74, 6) is -5.75. The molecule has 1 aromatic carbocycles. The zero-order valence-electron chi connectivity index (χ0n) is 12.8. The Balaban J connectivity index is 2.90. The van der Waals surface area contributed by atoms with E-state index in [4.69, 9.17) is 31.8 Å². The van der Waals surface area contributed by atoms with E-state index in [1.807, 2.05) is 0 Å². The van der Waals surface area contributed by atoms with Gasteiger partial charge in [-0.2, -0.15) is 0 Å². The Hall–Kier alpha value is -3.34. The number of hydrogen-bond donors (Lipinski definition) is 3. The highest BCUT2D eigenvalue weighted by atomic mass is 35.5. The lowest BCUT2D eigenvalue weighted by atomic mass is 10.1. The quantitative estimate of drug-likeness (QED) is 0.124. The summed E-state index contributed by atoms with van der Waals surface area (Å²) in [4.78, 5) is 44.8. The molecule has 26 heavy (non-hydrogen) atoms. The molecule has 0 aromatic heterocycles. The molecule has 0 heterocycles. The molecule has 0 saturated heterocycles. The van der Waals surface area contributed by atoms with Crippen molar-refractivity contribution in [1.82, 2.24) is 0 Å². The highest BCUT2D eigenvalue weighted by molar-refractivity contribution is 6.31. The molecule has 11 nitrogen and oxygen atoms in total. The van der Waals surface area contributed by atoms with Crippen LogP contribution < -0.4 is 0 Å². The summed E-state index contributed by atoms with van der Waals surface area (Å²) in [6.45, 7) is -0.360. The Morgan fingerprint density at radius 1 is 1.04 bits per heavy atom. The standard InChI is InChI=1S/C14H12ClNO10/c15-9-4-2-1-3-7(9)6-24-11(17)8(12(18)26-14(21)22)5-10(16-23)25-13(19)20/h1-4,8,23H,5-6H2,(H,19,20)(H,21,22)/b16-10-. The van der Waals surface area contributed by atoms with E-state index < -0.39 is 42.5 Å². The van der Waals surface area contributed by atoms with Gasteiger partial charge in [0, 0.05) is 10.6 Å². The molecule has 0 radical (unpaired) electrons. The minimum Gasteiger partial charge on any atom is -0.460 e. The fraction of sp³-hybridized carbons (Fsp3) is 0.214. The third-order valence-corrected chi connectivity index (χ3v) is 3.15. The lowest BCUT2D eigenvalue weighted by molar-refractivity contribution is -0.160. The van der Waals surface area contributed by atoms with E-state index in [2.05, 4.69) is 14.6 Å². The first-order chi connectivity index (χ1) is 12.2. The summed E-state index contributed by atoms with van der Waals surface area (Å²) < 4.78 is 12.8. The molecule has 0 amide bonds. The number of hydrogen-bond acceptors (Lipinski definition) is 9. The minimum absolute atomic E-state index is 0.275. The van der Waals surface area contributed by atoms with Crippen molar-refractivity contribution in [2.75, 3.05) is 0 Å². The predicted molar refractivity (Wildman–Crippen MR) is 81.8 cm³/mol. The second-order valence-electron chi connectivity index (χ2n) is 4.50. The third-order valence-electron chi connectivity index (χ3n) is 2.78. The Labute approximate surface area is 150 Å². The van der Waals surface area contributed by atoms with E-state index >= 15 is 0 Å². The summed E-state index contributed by atoms with van der Waals surface area (Å²) in [6, 6.07) is 6.31. The second-order valence-corrected chi connectivity index (χ2v) is 4.91. The number of ether oxygens (including phenoxy) is 3. The molecule has 3 N–H and O–H groups in total. The van der Waals surface area contributed by atoms with Crippen molar-refractivity contribution >= 4 is 41.7 Å². The molecule has 0 saturated carbocycles. The van der Waals surface area contributed by atoms with Crippen LogP contribution in [-0.2, 0) is 30.4 Å². The lowest BCUT2D eigenvalue weighted by Gasteiger charge is -2.14. The maximum Gasteiger partial charge on any atom is 0.513 e. The lowest BCUT2D eigenvalue weighted by Crippen LogP contribution is -2.32. The molecule has 0 aliphatic heterocycles. The van der Waals surface area contributed by atoms with Crippen LogP contribution in [0.1, 0.15) is 12.0 Å². The van der Waals surface area contributed by atoms with Crippen LogP contribution in [0.4, 0.5) is 9.59 Å². The number of carbonyl (C=O) groups is 4. The topological polar surface area (TPSA) is 169 Å². The van der Waals surface area contributed by atoms with E-state index in [-0.39, 0.29) is 11.6 Å². The van der Waals surface area contributed by atoms with Gasteiger partial charge in [0.15, 0.2) is 5.92 Å². The molecule has 1 atom stereocenters.